The van der Waals surface area contributed by atoms with Gasteiger partial charge >= 0.3 is 0 Å². The van der Waals surface area contributed by atoms with Crippen LogP contribution in [0.2, 0.25) is 0 Å². The van der Waals surface area contributed by atoms with E-state index in [0.29, 0.717) is 11.1 Å². The fourth-order valence-electron chi connectivity index (χ4n) is 4.21. The van der Waals surface area contributed by atoms with Crippen LogP contribution in [0.4, 0.5) is 10.1 Å². The molecule has 2 N–H and O–H groups in total. The van der Waals surface area contributed by atoms with Gasteiger partial charge in [-0.3, -0.25) is 25.1 Å². The molecule has 0 radical (unpaired) electrons. The van der Waals surface area contributed by atoms with Gasteiger partial charge in [-0.25, -0.2) is 4.39 Å². The van der Waals surface area contributed by atoms with Crippen molar-refractivity contribution in [3.05, 3.63) is 60.4 Å². The lowest BCUT2D eigenvalue weighted by Crippen LogP contribution is -2.27. The molecule has 1 saturated heterocycles. The molecule has 174 valence electrons. The Hall–Kier alpha value is -3.66. The number of aryl methyl sites for hydroxylation is 1. The van der Waals surface area contributed by atoms with Crippen LogP contribution in [0.15, 0.2) is 53.9 Å². The normalized spacial score (nSPS) is 13.6. The van der Waals surface area contributed by atoms with Crippen LogP contribution < -0.4 is 15.1 Å². The summed E-state index contributed by atoms with van der Waals surface area (Å²) in [6.45, 7) is 1.95. The number of halogens is 1. The van der Waals surface area contributed by atoms with Gasteiger partial charge in [-0.1, -0.05) is 11.8 Å². The molecule has 4 heterocycles. The molecule has 34 heavy (non-hydrogen) atoms. The highest BCUT2D eigenvalue weighted by molar-refractivity contribution is 8.13. The highest BCUT2D eigenvalue weighted by Gasteiger charge is 2.20. The van der Waals surface area contributed by atoms with Crippen LogP contribution >= 0.6 is 11.8 Å². The number of aromatic nitrogens is 4. The van der Waals surface area contributed by atoms with Crippen molar-refractivity contribution in [3.8, 4) is 16.9 Å². The van der Waals surface area contributed by atoms with E-state index in [1.807, 2.05) is 24.4 Å². The molecule has 1 aliphatic heterocycles. The Morgan fingerprint density at radius 1 is 1.12 bits per heavy atom. The SMILES string of the molecule is COc1c(N2CCCC2)cnc2ccc(SC(=N)n3cc(-c4cnn(C)c4)cc(F)c3=N)cc12. The van der Waals surface area contributed by atoms with E-state index in [1.54, 1.807) is 37.4 Å². The number of pyridine rings is 2. The van der Waals surface area contributed by atoms with Gasteiger partial charge in [0.05, 0.1) is 30.7 Å². The summed E-state index contributed by atoms with van der Waals surface area (Å²) in [5.74, 6) is 0.0608. The lowest BCUT2D eigenvalue weighted by molar-refractivity contribution is 0.419. The number of ether oxygens (including phenoxy) is 1. The Morgan fingerprint density at radius 3 is 2.62 bits per heavy atom. The van der Waals surface area contributed by atoms with E-state index in [2.05, 4.69) is 15.0 Å². The predicted octanol–water partition coefficient (Wildman–Crippen LogP) is 4.24. The summed E-state index contributed by atoms with van der Waals surface area (Å²) >= 11 is 1.14. The summed E-state index contributed by atoms with van der Waals surface area (Å²) in [6.07, 6.45) is 9.13. The molecule has 0 saturated carbocycles. The Balaban J connectivity index is 1.50. The quantitative estimate of drug-likeness (QED) is 0.260. The first-order chi connectivity index (χ1) is 16.4. The van der Waals surface area contributed by atoms with Crippen LogP contribution in [-0.4, -0.2) is 44.7 Å². The first-order valence-corrected chi connectivity index (χ1v) is 11.7. The van der Waals surface area contributed by atoms with Gasteiger partial charge in [0, 0.05) is 53.9 Å². The van der Waals surface area contributed by atoms with Crippen molar-refractivity contribution in [2.45, 2.75) is 17.7 Å². The van der Waals surface area contributed by atoms with Crippen molar-refractivity contribution in [2.75, 3.05) is 25.1 Å². The molecule has 0 amide bonds. The van der Waals surface area contributed by atoms with Crippen molar-refractivity contribution in [3.63, 3.8) is 0 Å². The van der Waals surface area contributed by atoms with E-state index in [-0.39, 0.29) is 10.7 Å². The van der Waals surface area contributed by atoms with Crippen LogP contribution in [0.3, 0.4) is 0 Å². The van der Waals surface area contributed by atoms with E-state index in [9.17, 15) is 4.39 Å². The number of hydrogen-bond donors (Lipinski definition) is 2. The largest absolute Gasteiger partial charge is 0.494 e. The fraction of sp³-hybridized carbons (Fsp3) is 0.250. The average Bonchev–Trinajstić information content (AvgIpc) is 3.52. The molecule has 5 rings (SSSR count). The molecule has 0 atom stereocenters. The maximum atomic E-state index is 14.6. The fourth-order valence-corrected chi connectivity index (χ4v) is 4.99. The summed E-state index contributed by atoms with van der Waals surface area (Å²) in [7, 11) is 3.44. The molecule has 10 heteroatoms. The molecule has 4 aromatic rings. The maximum absolute atomic E-state index is 14.6. The number of hydrogen-bond acceptors (Lipinski definition) is 7. The Labute approximate surface area is 200 Å². The van der Waals surface area contributed by atoms with Crippen LogP contribution in [0.25, 0.3) is 22.0 Å². The zero-order valence-electron chi connectivity index (χ0n) is 18.9. The minimum Gasteiger partial charge on any atom is -0.494 e. The van der Waals surface area contributed by atoms with E-state index < -0.39 is 5.82 Å². The first-order valence-electron chi connectivity index (χ1n) is 10.9. The van der Waals surface area contributed by atoms with Crippen LogP contribution in [-0.2, 0) is 7.05 Å². The van der Waals surface area contributed by atoms with Gasteiger partial charge in [0.15, 0.2) is 22.2 Å². The molecule has 0 spiro atoms. The molecule has 8 nitrogen and oxygen atoms in total. The lowest BCUT2D eigenvalue weighted by Gasteiger charge is -2.21. The van der Waals surface area contributed by atoms with Crippen molar-refractivity contribution in [1.82, 2.24) is 19.3 Å². The number of methoxy groups -OCH3 is 1. The van der Waals surface area contributed by atoms with E-state index >= 15 is 0 Å². The lowest BCUT2D eigenvalue weighted by atomic mass is 10.1. The van der Waals surface area contributed by atoms with Crippen LogP contribution in [0, 0.1) is 16.6 Å². The molecule has 1 aromatic carbocycles. The molecular weight excluding hydrogens is 453 g/mol. The number of nitrogens with one attached hydrogen (secondary N) is 2. The molecule has 0 bridgehead atoms. The summed E-state index contributed by atoms with van der Waals surface area (Å²) in [5.41, 5.74) is 2.66. The van der Waals surface area contributed by atoms with Gasteiger partial charge in [-0.05, 0) is 37.1 Å². The number of nitrogens with zero attached hydrogens (tertiary/aromatic N) is 5. The van der Waals surface area contributed by atoms with Gasteiger partial charge in [-0.2, -0.15) is 5.10 Å². The monoisotopic (exact) mass is 477 g/mol. The average molecular weight is 478 g/mol. The number of thioether (sulfide) groups is 1. The van der Waals surface area contributed by atoms with Gasteiger partial charge in [0.2, 0.25) is 0 Å². The molecule has 0 aliphatic carbocycles. The standard InChI is InChI=1S/C24H24FN7OS/c1-30-13-16(11-29-30)15-9-19(25)23(26)32(14-15)24(27)34-17-5-6-20-18(10-17)22(33-2)21(12-28-20)31-7-3-4-8-31/h5-6,9-14,26-27H,3-4,7-8H2,1-2H3. The Bertz CT molecular complexity index is 1460. The van der Waals surface area contributed by atoms with Gasteiger partial charge in [-0.15, -0.1) is 0 Å². The number of fused-ring (bicyclic) bond motifs is 1. The second-order valence-electron chi connectivity index (χ2n) is 8.16. The number of anilines is 1. The minimum absolute atomic E-state index is 0.0108. The van der Waals surface area contributed by atoms with Crippen molar-refractivity contribution >= 4 is 33.5 Å². The van der Waals surface area contributed by atoms with Crippen molar-refractivity contribution in [1.29, 1.82) is 10.8 Å². The topological polar surface area (TPSA) is 95.8 Å². The Morgan fingerprint density at radius 2 is 1.91 bits per heavy atom. The molecule has 0 unspecified atom stereocenters. The van der Waals surface area contributed by atoms with Crippen LogP contribution in [0.1, 0.15) is 12.8 Å². The molecule has 1 aliphatic rings. The first kappa shape index (κ1) is 22.1. The minimum atomic E-state index is -0.702. The second-order valence-corrected chi connectivity index (χ2v) is 9.22. The number of rotatable bonds is 4. The van der Waals surface area contributed by atoms with E-state index in [1.165, 1.54) is 10.6 Å². The van der Waals surface area contributed by atoms with Crippen molar-refractivity contribution < 1.29 is 9.13 Å². The summed E-state index contributed by atoms with van der Waals surface area (Å²) in [6, 6.07) is 6.99. The Kier molecular flexibility index (Phi) is 5.82. The third-order valence-corrected chi connectivity index (χ3v) is 6.79. The zero-order valence-corrected chi connectivity index (χ0v) is 19.7. The van der Waals surface area contributed by atoms with Crippen molar-refractivity contribution in [2.24, 2.45) is 7.05 Å². The van der Waals surface area contributed by atoms with E-state index in [0.717, 1.165) is 64.9 Å². The van der Waals surface area contributed by atoms with Crippen LogP contribution in [0.5, 0.6) is 5.75 Å². The summed E-state index contributed by atoms with van der Waals surface area (Å²) in [4.78, 5) is 7.66. The summed E-state index contributed by atoms with van der Waals surface area (Å²) in [5, 5.41) is 21.8. The molecule has 3 aromatic heterocycles. The van der Waals surface area contributed by atoms with Gasteiger partial charge < -0.3 is 9.64 Å². The molecule has 1 fully saturated rings. The summed E-state index contributed by atoms with van der Waals surface area (Å²) < 4.78 is 23.2. The smallest absolute Gasteiger partial charge is 0.171 e. The number of benzene rings is 1. The maximum Gasteiger partial charge on any atom is 0.171 e. The third-order valence-electron chi connectivity index (χ3n) is 5.91. The second kappa shape index (κ2) is 8.94. The highest BCUT2D eigenvalue weighted by atomic mass is 32.2. The van der Waals surface area contributed by atoms with E-state index in [4.69, 9.17) is 15.6 Å². The predicted molar refractivity (Wildman–Crippen MR) is 131 cm³/mol. The van der Waals surface area contributed by atoms with Gasteiger partial charge in [0.1, 0.15) is 0 Å². The van der Waals surface area contributed by atoms with Gasteiger partial charge in [0.25, 0.3) is 0 Å². The third kappa shape index (κ3) is 4.05. The molecular formula is C24H24FN7OS. The highest BCUT2D eigenvalue weighted by Crippen LogP contribution is 2.38. The zero-order chi connectivity index (χ0) is 23.8.